The van der Waals surface area contributed by atoms with Crippen molar-refractivity contribution in [1.82, 2.24) is 9.55 Å². The molecule has 0 aliphatic carbocycles. The summed E-state index contributed by atoms with van der Waals surface area (Å²) in [6.07, 6.45) is -4.30. The number of nitrogens with one attached hydrogen (secondary N) is 1. The van der Waals surface area contributed by atoms with Gasteiger partial charge in [0.1, 0.15) is 18.3 Å². The van der Waals surface area contributed by atoms with Gasteiger partial charge in [0, 0.05) is 0 Å². The molecular formula is C13H20FN2O9P. The lowest BCUT2D eigenvalue weighted by atomic mass is 10.1. The molecule has 1 fully saturated rings. The van der Waals surface area contributed by atoms with Crippen LogP contribution in [0.25, 0.3) is 0 Å². The molecule has 4 N–H and O–H groups in total. The zero-order valence-electron chi connectivity index (χ0n) is 13.8. The van der Waals surface area contributed by atoms with Crippen molar-refractivity contribution < 1.29 is 37.8 Å². The highest BCUT2D eigenvalue weighted by molar-refractivity contribution is 7.47. The van der Waals surface area contributed by atoms with Crippen LogP contribution in [0, 0.1) is 5.82 Å². The molecule has 0 aromatic carbocycles. The molecule has 1 aromatic rings. The first-order chi connectivity index (χ1) is 12.2. The molecular weight excluding hydrogens is 378 g/mol. The van der Waals surface area contributed by atoms with Crippen molar-refractivity contribution in [2.75, 3.05) is 13.2 Å². The fraction of sp³-hybridized carbons (Fsp3) is 0.692. The van der Waals surface area contributed by atoms with Crippen LogP contribution in [0.1, 0.15) is 26.0 Å². The van der Waals surface area contributed by atoms with Crippen LogP contribution in [-0.2, 0) is 18.3 Å². The molecule has 0 bridgehead atoms. The number of aromatic nitrogens is 2. The fourth-order valence-electron chi connectivity index (χ4n) is 2.28. The molecule has 0 saturated carbocycles. The number of aliphatic hydroxyl groups excluding tert-OH is 2. The largest absolute Gasteiger partial charge is 0.472 e. The van der Waals surface area contributed by atoms with Gasteiger partial charge >= 0.3 is 13.5 Å². The van der Waals surface area contributed by atoms with Crippen LogP contribution in [-0.4, -0.2) is 56.2 Å². The van der Waals surface area contributed by atoms with Crippen molar-refractivity contribution >= 4 is 7.82 Å². The monoisotopic (exact) mass is 398 g/mol. The maximum absolute atomic E-state index is 13.4. The molecule has 11 nitrogen and oxygen atoms in total. The number of hydrogen-bond acceptors (Lipinski definition) is 8. The summed E-state index contributed by atoms with van der Waals surface area (Å²) in [6, 6.07) is 0. The number of nitrogens with zero attached hydrogens (tertiary/aromatic N) is 1. The molecule has 1 unspecified atom stereocenters. The second-order valence-corrected chi connectivity index (χ2v) is 7.09. The Labute approximate surface area is 146 Å². The molecule has 0 amide bonds. The molecule has 1 saturated heterocycles. The molecule has 1 aromatic heterocycles. The minimum Gasteiger partial charge on any atom is -0.387 e. The first-order valence-electron chi connectivity index (χ1n) is 7.80. The number of H-pyrrole nitrogens is 1. The molecule has 0 radical (unpaired) electrons. The summed E-state index contributed by atoms with van der Waals surface area (Å²) >= 11 is 0. The van der Waals surface area contributed by atoms with Gasteiger partial charge in [-0.05, 0) is 6.42 Å². The normalized spacial score (nSPS) is 28.2. The van der Waals surface area contributed by atoms with Gasteiger partial charge in [0.05, 0.1) is 19.4 Å². The van der Waals surface area contributed by atoms with Gasteiger partial charge in [0.2, 0.25) is 5.82 Å². The Bertz CT molecular complexity index is 782. The van der Waals surface area contributed by atoms with Crippen molar-refractivity contribution in [2.45, 2.75) is 44.3 Å². The highest BCUT2D eigenvalue weighted by atomic mass is 31.2. The Morgan fingerprint density at radius 3 is 2.69 bits per heavy atom. The number of aliphatic hydroxyl groups is 2. The van der Waals surface area contributed by atoms with E-state index in [4.69, 9.17) is 13.8 Å². The Kier molecular flexibility index (Phi) is 6.86. The smallest absolute Gasteiger partial charge is 0.387 e. The summed E-state index contributed by atoms with van der Waals surface area (Å²) in [4.78, 5) is 34.0. The number of unbranched alkanes of at least 4 members (excludes halogenated alkanes) is 1. The molecule has 5 atom stereocenters. The Balaban J connectivity index is 2.06. The average Bonchev–Trinajstić information content (AvgIpc) is 2.85. The maximum atomic E-state index is 13.4. The predicted molar refractivity (Wildman–Crippen MR) is 83.8 cm³/mol. The van der Waals surface area contributed by atoms with E-state index in [1.54, 1.807) is 4.98 Å². The quantitative estimate of drug-likeness (QED) is 0.325. The third-order valence-electron chi connectivity index (χ3n) is 3.69. The summed E-state index contributed by atoms with van der Waals surface area (Å²) in [5.74, 6) is -1.29. The van der Waals surface area contributed by atoms with Crippen molar-refractivity contribution in [3.05, 3.63) is 32.9 Å². The van der Waals surface area contributed by atoms with Gasteiger partial charge in [-0.2, -0.15) is 4.39 Å². The standard InChI is InChI=1S/C13H20FN2O9P/c1-2-3-4-23-26(21,22)24-6-8-9(17)10(18)12(25-8)16-5-7(14)11(19)15-13(16)20/h5,8-10,12,17-18H,2-4,6H2,1H3,(H,21,22)(H,15,19,20)/t8-,9-,10-,12-/m1/s1. The molecule has 1 aliphatic heterocycles. The van der Waals surface area contributed by atoms with Crippen LogP contribution in [0.4, 0.5) is 4.39 Å². The van der Waals surface area contributed by atoms with Crippen molar-refractivity contribution in [1.29, 1.82) is 0 Å². The van der Waals surface area contributed by atoms with E-state index in [9.17, 15) is 33.7 Å². The molecule has 13 heteroatoms. The average molecular weight is 398 g/mol. The third kappa shape index (κ3) is 4.86. The summed E-state index contributed by atoms with van der Waals surface area (Å²) in [5.41, 5.74) is -2.31. The van der Waals surface area contributed by atoms with E-state index >= 15 is 0 Å². The minimum absolute atomic E-state index is 0.00431. The van der Waals surface area contributed by atoms with E-state index in [2.05, 4.69) is 0 Å². The Morgan fingerprint density at radius 1 is 1.35 bits per heavy atom. The van der Waals surface area contributed by atoms with Gasteiger partial charge in [-0.3, -0.25) is 23.4 Å². The summed E-state index contributed by atoms with van der Waals surface area (Å²) in [5, 5.41) is 20.0. The lowest BCUT2D eigenvalue weighted by Gasteiger charge is -2.17. The molecule has 2 heterocycles. The van der Waals surface area contributed by atoms with Gasteiger partial charge in [0.15, 0.2) is 6.23 Å². The van der Waals surface area contributed by atoms with Crippen molar-refractivity contribution in [3.63, 3.8) is 0 Å². The first-order valence-corrected chi connectivity index (χ1v) is 9.30. The van der Waals surface area contributed by atoms with Crippen LogP contribution in [0.15, 0.2) is 15.8 Å². The number of aromatic amines is 1. The van der Waals surface area contributed by atoms with E-state index in [-0.39, 0.29) is 6.61 Å². The van der Waals surface area contributed by atoms with Gasteiger partial charge in [-0.1, -0.05) is 13.3 Å². The second kappa shape index (κ2) is 8.53. The summed E-state index contributed by atoms with van der Waals surface area (Å²) in [7, 11) is -4.39. The second-order valence-electron chi connectivity index (χ2n) is 5.64. The van der Waals surface area contributed by atoms with E-state index in [0.717, 1.165) is 6.42 Å². The number of phosphoric acid groups is 1. The lowest BCUT2D eigenvalue weighted by Crippen LogP contribution is -2.38. The van der Waals surface area contributed by atoms with Crippen molar-refractivity contribution in [2.24, 2.45) is 0 Å². The number of phosphoric ester groups is 1. The van der Waals surface area contributed by atoms with Crippen LogP contribution >= 0.6 is 7.82 Å². The van der Waals surface area contributed by atoms with Gasteiger partial charge in [0.25, 0.3) is 5.56 Å². The van der Waals surface area contributed by atoms with Crippen LogP contribution in [0.2, 0.25) is 0 Å². The highest BCUT2D eigenvalue weighted by Gasteiger charge is 2.45. The lowest BCUT2D eigenvalue weighted by molar-refractivity contribution is -0.0556. The number of halogens is 1. The Morgan fingerprint density at radius 2 is 2.04 bits per heavy atom. The zero-order valence-corrected chi connectivity index (χ0v) is 14.7. The van der Waals surface area contributed by atoms with Crippen LogP contribution in [0.5, 0.6) is 0 Å². The predicted octanol–water partition coefficient (Wildman–Crippen LogP) is -0.771. The van der Waals surface area contributed by atoms with Crippen molar-refractivity contribution in [3.8, 4) is 0 Å². The molecule has 0 spiro atoms. The van der Waals surface area contributed by atoms with Gasteiger partial charge < -0.3 is 19.8 Å². The third-order valence-corrected chi connectivity index (χ3v) is 4.67. The zero-order chi connectivity index (χ0) is 19.5. The number of rotatable bonds is 8. The fourth-order valence-corrected chi connectivity index (χ4v) is 3.05. The summed E-state index contributed by atoms with van der Waals surface area (Å²) in [6.45, 7) is 1.23. The van der Waals surface area contributed by atoms with Crippen LogP contribution < -0.4 is 11.2 Å². The molecule has 1 aliphatic rings. The molecule has 148 valence electrons. The first kappa shape index (κ1) is 20.9. The minimum atomic E-state index is -4.39. The topological polar surface area (TPSA) is 160 Å². The van der Waals surface area contributed by atoms with E-state index < -0.39 is 56.0 Å². The van der Waals surface area contributed by atoms with Gasteiger partial charge in [-0.25, -0.2) is 9.36 Å². The molecule has 26 heavy (non-hydrogen) atoms. The van der Waals surface area contributed by atoms with E-state index in [1.807, 2.05) is 6.92 Å². The van der Waals surface area contributed by atoms with Gasteiger partial charge in [-0.15, -0.1) is 0 Å². The highest BCUT2D eigenvalue weighted by Crippen LogP contribution is 2.44. The molecule has 2 rings (SSSR count). The van der Waals surface area contributed by atoms with Crippen LogP contribution in [0.3, 0.4) is 0 Å². The summed E-state index contributed by atoms with van der Waals surface area (Å²) < 4.78 is 40.3. The number of hydrogen-bond donors (Lipinski definition) is 4. The van der Waals surface area contributed by atoms with E-state index in [1.165, 1.54) is 0 Å². The SMILES string of the molecule is CCCCOP(=O)(O)OC[C@H]1O[C@@H](n2cc(F)c(=O)[nH]c2=O)[C@H](O)[C@@H]1O. The number of ether oxygens (including phenoxy) is 1. The van der Waals surface area contributed by atoms with E-state index in [0.29, 0.717) is 17.2 Å². The maximum Gasteiger partial charge on any atom is 0.472 e. The Hall–Kier alpha value is -1.40.